The summed E-state index contributed by atoms with van der Waals surface area (Å²) in [6.07, 6.45) is 0.191. The molecule has 0 atom stereocenters. The van der Waals surface area contributed by atoms with E-state index in [9.17, 15) is 9.59 Å². The molecular formula is C22H16N2O2. The molecule has 2 amide bonds. The Balaban J connectivity index is 1.91. The van der Waals surface area contributed by atoms with E-state index in [1.165, 1.54) is 0 Å². The van der Waals surface area contributed by atoms with Crippen molar-refractivity contribution in [1.29, 1.82) is 0 Å². The number of carbonyl (C=O) groups is 2. The predicted octanol–water partition coefficient (Wildman–Crippen LogP) is 3.67. The smallest absolute Gasteiger partial charge is 0.260 e. The van der Waals surface area contributed by atoms with E-state index in [-0.39, 0.29) is 12.3 Å². The summed E-state index contributed by atoms with van der Waals surface area (Å²) in [7, 11) is 0. The van der Waals surface area contributed by atoms with Crippen LogP contribution in [-0.2, 0) is 11.2 Å². The minimum Gasteiger partial charge on any atom is -0.292 e. The van der Waals surface area contributed by atoms with Gasteiger partial charge in [0.15, 0.2) is 0 Å². The first kappa shape index (κ1) is 16.0. The van der Waals surface area contributed by atoms with Crippen LogP contribution in [0.3, 0.4) is 0 Å². The van der Waals surface area contributed by atoms with Gasteiger partial charge in [-0.05, 0) is 11.6 Å². The number of rotatable bonds is 3. The van der Waals surface area contributed by atoms with Gasteiger partial charge in [-0.3, -0.25) is 14.9 Å². The van der Waals surface area contributed by atoms with Gasteiger partial charge < -0.3 is 0 Å². The number of carbonyl (C=O) groups excluding carboxylic acids is 2. The Hall–Kier alpha value is -3.53. The molecule has 0 aliphatic carbocycles. The first-order chi connectivity index (χ1) is 12.7. The molecule has 1 heterocycles. The van der Waals surface area contributed by atoms with Crippen LogP contribution in [0.25, 0.3) is 0 Å². The average molecular weight is 340 g/mol. The van der Waals surface area contributed by atoms with Crippen molar-refractivity contribution >= 4 is 23.2 Å². The van der Waals surface area contributed by atoms with E-state index in [2.05, 4.69) is 5.32 Å². The van der Waals surface area contributed by atoms with Crippen molar-refractivity contribution in [3.8, 4) is 0 Å². The van der Waals surface area contributed by atoms with Crippen molar-refractivity contribution in [1.82, 2.24) is 5.32 Å². The zero-order chi connectivity index (χ0) is 17.9. The van der Waals surface area contributed by atoms with Crippen LogP contribution in [0.2, 0.25) is 0 Å². The summed E-state index contributed by atoms with van der Waals surface area (Å²) in [5.41, 5.74) is 4.45. The minimum atomic E-state index is -0.393. The fraction of sp³-hybridized carbons (Fsp3) is 0.0455. The van der Waals surface area contributed by atoms with Gasteiger partial charge in [0.05, 0.1) is 23.4 Å². The Bertz CT molecular complexity index is 967. The quantitative estimate of drug-likeness (QED) is 0.584. The van der Waals surface area contributed by atoms with Crippen molar-refractivity contribution in [3.63, 3.8) is 0 Å². The molecule has 0 fully saturated rings. The molecule has 26 heavy (non-hydrogen) atoms. The maximum atomic E-state index is 12.4. The highest BCUT2D eigenvalue weighted by molar-refractivity contribution is 6.16. The van der Waals surface area contributed by atoms with Gasteiger partial charge in [0.25, 0.3) is 5.91 Å². The van der Waals surface area contributed by atoms with Gasteiger partial charge >= 0.3 is 0 Å². The predicted molar refractivity (Wildman–Crippen MR) is 101 cm³/mol. The molecule has 126 valence electrons. The molecule has 0 radical (unpaired) electrons. The SMILES string of the molecule is O=C1Cc2cccc(N=C(c3ccccc3)c3ccccc3)c2C(=O)N1. The fourth-order valence-corrected chi connectivity index (χ4v) is 3.10. The van der Waals surface area contributed by atoms with Crippen LogP contribution in [0, 0.1) is 0 Å². The molecule has 1 aliphatic rings. The molecule has 0 bridgehead atoms. The highest BCUT2D eigenvalue weighted by Crippen LogP contribution is 2.27. The number of hydrogen-bond acceptors (Lipinski definition) is 3. The summed E-state index contributed by atoms with van der Waals surface area (Å²) in [5.74, 6) is -0.675. The zero-order valence-electron chi connectivity index (χ0n) is 14.0. The summed E-state index contributed by atoms with van der Waals surface area (Å²) in [6.45, 7) is 0. The van der Waals surface area contributed by atoms with Crippen LogP contribution in [0.5, 0.6) is 0 Å². The zero-order valence-corrected chi connectivity index (χ0v) is 14.0. The third kappa shape index (κ3) is 3.05. The molecule has 3 aromatic rings. The first-order valence-electron chi connectivity index (χ1n) is 8.38. The lowest BCUT2D eigenvalue weighted by Gasteiger charge is -2.17. The van der Waals surface area contributed by atoms with Gasteiger partial charge in [-0.2, -0.15) is 0 Å². The van der Waals surface area contributed by atoms with E-state index >= 15 is 0 Å². The van der Waals surface area contributed by atoms with Crippen molar-refractivity contribution < 1.29 is 9.59 Å². The van der Waals surface area contributed by atoms with Gasteiger partial charge in [0, 0.05) is 11.1 Å². The second-order valence-electron chi connectivity index (χ2n) is 6.06. The van der Waals surface area contributed by atoms with Crippen molar-refractivity contribution in [2.24, 2.45) is 4.99 Å². The first-order valence-corrected chi connectivity index (χ1v) is 8.38. The lowest BCUT2D eigenvalue weighted by molar-refractivity contribution is -0.119. The number of fused-ring (bicyclic) bond motifs is 1. The van der Waals surface area contributed by atoms with E-state index in [4.69, 9.17) is 4.99 Å². The summed E-state index contributed by atoms with van der Waals surface area (Å²) < 4.78 is 0. The third-order valence-electron chi connectivity index (χ3n) is 4.29. The molecular weight excluding hydrogens is 324 g/mol. The molecule has 1 N–H and O–H groups in total. The Kier molecular flexibility index (Phi) is 4.15. The Morgan fingerprint density at radius 1 is 0.769 bits per heavy atom. The minimum absolute atomic E-state index is 0.191. The Labute approximate surface area is 151 Å². The van der Waals surface area contributed by atoms with Gasteiger partial charge in [-0.1, -0.05) is 72.8 Å². The van der Waals surface area contributed by atoms with Crippen LogP contribution in [0.1, 0.15) is 27.0 Å². The van der Waals surface area contributed by atoms with Crippen molar-refractivity contribution in [2.75, 3.05) is 0 Å². The lowest BCUT2D eigenvalue weighted by Crippen LogP contribution is -2.37. The highest BCUT2D eigenvalue weighted by atomic mass is 16.2. The number of aliphatic imine (C=N–C) groups is 1. The maximum Gasteiger partial charge on any atom is 0.260 e. The molecule has 3 aromatic carbocycles. The fourth-order valence-electron chi connectivity index (χ4n) is 3.10. The number of benzene rings is 3. The number of amides is 2. The Morgan fingerprint density at radius 3 is 2.00 bits per heavy atom. The maximum absolute atomic E-state index is 12.4. The summed E-state index contributed by atoms with van der Waals surface area (Å²) in [5, 5.41) is 2.38. The molecule has 1 aliphatic heterocycles. The second kappa shape index (κ2) is 6.76. The normalized spacial score (nSPS) is 12.9. The van der Waals surface area contributed by atoms with Crippen molar-refractivity contribution in [3.05, 3.63) is 101 Å². The van der Waals surface area contributed by atoms with Crippen LogP contribution < -0.4 is 5.32 Å². The number of imide groups is 1. The number of nitrogens with zero attached hydrogens (tertiary/aromatic N) is 1. The molecule has 4 rings (SSSR count). The molecule has 0 aromatic heterocycles. The topological polar surface area (TPSA) is 58.5 Å². The largest absolute Gasteiger partial charge is 0.292 e. The van der Waals surface area contributed by atoms with Gasteiger partial charge in [-0.15, -0.1) is 0 Å². The van der Waals surface area contributed by atoms with E-state index in [1.807, 2.05) is 66.7 Å². The van der Waals surface area contributed by atoms with Crippen LogP contribution in [0.4, 0.5) is 5.69 Å². The third-order valence-corrected chi connectivity index (χ3v) is 4.29. The van der Waals surface area contributed by atoms with Crippen LogP contribution in [0.15, 0.2) is 83.9 Å². The summed E-state index contributed by atoms with van der Waals surface area (Å²) >= 11 is 0. The number of nitrogens with one attached hydrogen (secondary N) is 1. The molecule has 0 spiro atoms. The van der Waals surface area contributed by atoms with Gasteiger partial charge in [0.1, 0.15) is 0 Å². The second-order valence-corrected chi connectivity index (χ2v) is 6.06. The van der Waals surface area contributed by atoms with E-state index < -0.39 is 5.91 Å². The molecule has 0 unspecified atom stereocenters. The monoisotopic (exact) mass is 340 g/mol. The summed E-state index contributed by atoms with van der Waals surface area (Å²) in [6, 6.07) is 25.1. The van der Waals surface area contributed by atoms with E-state index in [1.54, 1.807) is 12.1 Å². The molecule has 4 heteroatoms. The van der Waals surface area contributed by atoms with Crippen molar-refractivity contribution in [2.45, 2.75) is 6.42 Å². The van der Waals surface area contributed by atoms with Gasteiger partial charge in [0.2, 0.25) is 5.91 Å². The van der Waals surface area contributed by atoms with Crippen LogP contribution in [-0.4, -0.2) is 17.5 Å². The molecule has 0 saturated carbocycles. The van der Waals surface area contributed by atoms with E-state index in [0.717, 1.165) is 16.8 Å². The standard InChI is InChI=1S/C22H16N2O2/c25-19-14-17-12-7-13-18(20(17)22(26)24-19)23-21(15-8-3-1-4-9-15)16-10-5-2-6-11-16/h1-13H,14H2,(H,24,25,26). The average Bonchev–Trinajstić information content (AvgIpc) is 2.67. The Morgan fingerprint density at radius 2 is 1.38 bits per heavy atom. The highest BCUT2D eigenvalue weighted by Gasteiger charge is 2.25. The van der Waals surface area contributed by atoms with Crippen LogP contribution >= 0.6 is 0 Å². The molecule has 4 nitrogen and oxygen atoms in total. The van der Waals surface area contributed by atoms with Gasteiger partial charge in [-0.25, -0.2) is 4.99 Å². The van der Waals surface area contributed by atoms with E-state index in [0.29, 0.717) is 16.8 Å². The lowest BCUT2D eigenvalue weighted by atomic mass is 9.97. The summed E-state index contributed by atoms with van der Waals surface area (Å²) in [4.78, 5) is 28.8. The number of hydrogen-bond donors (Lipinski definition) is 1. The molecule has 0 saturated heterocycles.